The van der Waals surface area contributed by atoms with Crippen LogP contribution in [0.2, 0.25) is 0 Å². The maximum atomic E-state index is 12.9. The zero-order chi connectivity index (χ0) is 24.2. The molecule has 0 aliphatic heterocycles. The molecule has 2 aliphatic carbocycles. The van der Waals surface area contributed by atoms with E-state index in [4.69, 9.17) is 4.74 Å². The van der Waals surface area contributed by atoms with E-state index in [0.717, 1.165) is 41.5 Å². The second-order valence-corrected chi connectivity index (χ2v) is 9.57. The van der Waals surface area contributed by atoms with Gasteiger partial charge >= 0.3 is 12.1 Å². The number of carboxylic acid groups (broad SMARTS) is 1. The van der Waals surface area contributed by atoms with E-state index in [9.17, 15) is 19.5 Å². The van der Waals surface area contributed by atoms with Gasteiger partial charge in [0.25, 0.3) is 0 Å². The highest BCUT2D eigenvalue weighted by atomic mass is 16.5. The molecule has 7 nitrogen and oxygen atoms in total. The smallest absolute Gasteiger partial charge is 0.407 e. The predicted molar refractivity (Wildman–Crippen MR) is 128 cm³/mol. The number of fused-ring (bicyclic) bond motifs is 3. The Balaban J connectivity index is 1.36. The van der Waals surface area contributed by atoms with Crippen LogP contribution in [0.5, 0.6) is 0 Å². The predicted octanol–water partition coefficient (Wildman–Crippen LogP) is 4.17. The molecule has 7 heteroatoms. The van der Waals surface area contributed by atoms with E-state index < -0.39 is 24.0 Å². The normalized spacial score (nSPS) is 16.7. The second kappa shape index (κ2) is 10.3. The average Bonchev–Trinajstić information content (AvgIpc) is 3.10. The zero-order valence-corrected chi connectivity index (χ0v) is 19.6. The highest BCUT2D eigenvalue weighted by Crippen LogP contribution is 2.44. The average molecular weight is 465 g/mol. The summed E-state index contributed by atoms with van der Waals surface area (Å²) in [5, 5.41) is 14.8. The van der Waals surface area contributed by atoms with Gasteiger partial charge in [-0.15, -0.1) is 0 Å². The van der Waals surface area contributed by atoms with Gasteiger partial charge in [0.2, 0.25) is 5.91 Å². The zero-order valence-electron chi connectivity index (χ0n) is 19.6. The molecule has 2 aliphatic rings. The van der Waals surface area contributed by atoms with Gasteiger partial charge in [-0.2, -0.15) is 0 Å². The standard InChI is InChI=1S/C27H32N2O5/c1-16(2)24(26(31)32)29-25(30)22(17-8-7-9-17)14-28-27(33)34-15-23-20-12-5-3-10-18(20)19-11-4-6-13-21(19)23/h3-6,10-13,16-17,22-24H,7-9,14-15H2,1-2H3,(H,28,33)(H,29,30)(H,31,32). The van der Waals surface area contributed by atoms with Crippen LogP contribution in [0.3, 0.4) is 0 Å². The Hall–Kier alpha value is -3.35. The Morgan fingerprint density at radius 1 is 1.00 bits per heavy atom. The van der Waals surface area contributed by atoms with Gasteiger partial charge in [-0.05, 0) is 46.9 Å². The van der Waals surface area contributed by atoms with Crippen LogP contribution in [0.15, 0.2) is 48.5 Å². The third-order valence-corrected chi connectivity index (χ3v) is 7.10. The van der Waals surface area contributed by atoms with Gasteiger partial charge in [-0.1, -0.05) is 68.8 Å². The molecule has 2 aromatic carbocycles. The maximum Gasteiger partial charge on any atom is 0.407 e. The summed E-state index contributed by atoms with van der Waals surface area (Å²) in [6.07, 6.45) is 2.25. The molecular formula is C27H32N2O5. The van der Waals surface area contributed by atoms with Crippen molar-refractivity contribution >= 4 is 18.0 Å². The summed E-state index contributed by atoms with van der Waals surface area (Å²) < 4.78 is 5.58. The molecule has 2 unspecified atom stereocenters. The first-order chi connectivity index (χ1) is 16.4. The number of amides is 2. The molecule has 0 saturated heterocycles. The monoisotopic (exact) mass is 464 g/mol. The van der Waals surface area contributed by atoms with Crippen LogP contribution in [0.1, 0.15) is 50.2 Å². The number of rotatable bonds is 9. The third-order valence-electron chi connectivity index (χ3n) is 7.10. The molecule has 1 saturated carbocycles. The Bertz CT molecular complexity index is 1020. The first-order valence-electron chi connectivity index (χ1n) is 12.0. The molecule has 0 spiro atoms. The Labute approximate surface area is 199 Å². The maximum absolute atomic E-state index is 12.9. The fourth-order valence-corrected chi connectivity index (χ4v) is 4.93. The highest BCUT2D eigenvalue weighted by molar-refractivity contribution is 5.86. The van der Waals surface area contributed by atoms with Crippen molar-refractivity contribution in [2.45, 2.75) is 45.1 Å². The van der Waals surface area contributed by atoms with Crippen molar-refractivity contribution in [2.75, 3.05) is 13.2 Å². The summed E-state index contributed by atoms with van der Waals surface area (Å²) in [6.45, 7) is 3.84. The van der Waals surface area contributed by atoms with Gasteiger partial charge in [0.05, 0.1) is 5.92 Å². The Morgan fingerprint density at radius 2 is 1.59 bits per heavy atom. The molecule has 180 valence electrons. The van der Waals surface area contributed by atoms with Crippen LogP contribution in [-0.2, 0) is 14.3 Å². The minimum absolute atomic E-state index is 0.0359. The number of benzene rings is 2. The number of nitrogens with one attached hydrogen (secondary N) is 2. The molecule has 3 N–H and O–H groups in total. The van der Waals surface area contributed by atoms with Gasteiger partial charge in [0.1, 0.15) is 12.6 Å². The summed E-state index contributed by atoms with van der Waals surface area (Å²) in [5.74, 6) is -2.00. The highest BCUT2D eigenvalue weighted by Gasteiger charge is 2.36. The summed E-state index contributed by atoms with van der Waals surface area (Å²) in [7, 11) is 0. The van der Waals surface area contributed by atoms with Crippen LogP contribution in [-0.4, -0.2) is 42.3 Å². The lowest BCUT2D eigenvalue weighted by atomic mass is 9.75. The van der Waals surface area contributed by atoms with Gasteiger partial charge in [-0.3, -0.25) is 4.79 Å². The lowest BCUT2D eigenvalue weighted by molar-refractivity contribution is -0.144. The Kier molecular flexibility index (Phi) is 7.20. The Morgan fingerprint density at radius 3 is 2.09 bits per heavy atom. The molecule has 34 heavy (non-hydrogen) atoms. The molecule has 0 aromatic heterocycles. The van der Waals surface area contributed by atoms with Gasteiger partial charge < -0.3 is 20.5 Å². The van der Waals surface area contributed by atoms with Crippen LogP contribution in [0.4, 0.5) is 4.79 Å². The molecule has 4 rings (SSSR count). The van der Waals surface area contributed by atoms with Gasteiger partial charge in [0.15, 0.2) is 0 Å². The molecule has 0 bridgehead atoms. The van der Waals surface area contributed by atoms with Crippen LogP contribution in [0, 0.1) is 17.8 Å². The number of hydrogen-bond acceptors (Lipinski definition) is 4. The largest absolute Gasteiger partial charge is 0.480 e. The van der Waals surface area contributed by atoms with E-state index in [2.05, 4.69) is 34.9 Å². The van der Waals surface area contributed by atoms with Crippen molar-refractivity contribution in [3.8, 4) is 11.1 Å². The van der Waals surface area contributed by atoms with Crippen molar-refractivity contribution < 1.29 is 24.2 Å². The summed E-state index contributed by atoms with van der Waals surface area (Å²) in [4.78, 5) is 36.9. The first-order valence-corrected chi connectivity index (χ1v) is 12.0. The fraction of sp³-hybridized carbons (Fsp3) is 0.444. The van der Waals surface area contributed by atoms with Crippen molar-refractivity contribution in [3.05, 3.63) is 59.7 Å². The molecule has 0 radical (unpaired) electrons. The van der Waals surface area contributed by atoms with Crippen molar-refractivity contribution in [3.63, 3.8) is 0 Å². The number of carbonyl (C=O) groups excluding carboxylic acids is 2. The number of hydrogen-bond donors (Lipinski definition) is 3. The van der Waals surface area contributed by atoms with Crippen molar-refractivity contribution in [2.24, 2.45) is 17.8 Å². The summed E-state index contributed by atoms with van der Waals surface area (Å²) >= 11 is 0. The quantitative estimate of drug-likeness (QED) is 0.517. The molecule has 2 amide bonds. The van der Waals surface area contributed by atoms with Gasteiger partial charge in [0, 0.05) is 12.5 Å². The molecular weight excluding hydrogens is 432 g/mol. The van der Waals surface area contributed by atoms with E-state index in [0.29, 0.717) is 0 Å². The fourth-order valence-electron chi connectivity index (χ4n) is 4.93. The minimum atomic E-state index is -1.06. The topological polar surface area (TPSA) is 105 Å². The second-order valence-electron chi connectivity index (χ2n) is 9.57. The molecule has 2 aromatic rings. The van der Waals surface area contributed by atoms with E-state index in [-0.39, 0.29) is 36.8 Å². The number of carbonyl (C=O) groups is 3. The number of alkyl carbamates (subject to hydrolysis) is 1. The van der Waals surface area contributed by atoms with Crippen LogP contribution < -0.4 is 10.6 Å². The van der Waals surface area contributed by atoms with Crippen LogP contribution in [0.25, 0.3) is 11.1 Å². The lowest BCUT2D eigenvalue weighted by Gasteiger charge is -2.34. The summed E-state index contributed by atoms with van der Waals surface area (Å²) in [5.41, 5.74) is 4.59. The van der Waals surface area contributed by atoms with E-state index in [1.54, 1.807) is 13.8 Å². The first kappa shape index (κ1) is 23.8. The van der Waals surface area contributed by atoms with Crippen LogP contribution >= 0.6 is 0 Å². The number of carboxylic acids is 1. The van der Waals surface area contributed by atoms with Gasteiger partial charge in [-0.25, -0.2) is 9.59 Å². The third kappa shape index (κ3) is 4.93. The van der Waals surface area contributed by atoms with Crippen molar-refractivity contribution in [1.82, 2.24) is 10.6 Å². The van der Waals surface area contributed by atoms with Crippen molar-refractivity contribution in [1.29, 1.82) is 0 Å². The lowest BCUT2D eigenvalue weighted by Crippen LogP contribution is -2.51. The minimum Gasteiger partial charge on any atom is -0.480 e. The van der Waals surface area contributed by atoms with E-state index >= 15 is 0 Å². The van der Waals surface area contributed by atoms with E-state index in [1.807, 2.05) is 24.3 Å². The van der Waals surface area contributed by atoms with E-state index in [1.165, 1.54) is 0 Å². The molecule has 2 atom stereocenters. The molecule has 1 fully saturated rings. The number of aliphatic carboxylic acids is 1. The summed E-state index contributed by atoms with van der Waals surface area (Å²) in [6, 6.07) is 15.3. The molecule has 0 heterocycles. The SMILES string of the molecule is CC(C)C(NC(=O)C(CNC(=O)OCC1c2ccccc2-c2ccccc21)C1CCC1)C(=O)O. The number of ether oxygens (including phenoxy) is 1.